The van der Waals surface area contributed by atoms with E-state index < -0.39 is 0 Å². The third-order valence-corrected chi connectivity index (χ3v) is 2.07. The summed E-state index contributed by atoms with van der Waals surface area (Å²) in [6.07, 6.45) is 1.46. The number of carbonyl (C=O) groups is 1. The molecule has 0 aromatic heterocycles. The Labute approximate surface area is 93.6 Å². The molecule has 0 aliphatic carbocycles. The maximum absolute atomic E-state index is 11.4. The van der Waals surface area contributed by atoms with Crippen molar-refractivity contribution in [2.24, 2.45) is 5.41 Å². The Kier molecular flexibility index (Phi) is 6.57. The van der Waals surface area contributed by atoms with Gasteiger partial charge in [-0.25, -0.2) is 0 Å². The summed E-state index contributed by atoms with van der Waals surface area (Å²) < 4.78 is 4.95. The summed E-state index contributed by atoms with van der Waals surface area (Å²) in [5, 5.41) is 3.33. The van der Waals surface area contributed by atoms with E-state index in [1.165, 1.54) is 0 Å². The number of ether oxygens (including phenoxy) is 1. The van der Waals surface area contributed by atoms with Crippen molar-refractivity contribution in [2.45, 2.75) is 53.5 Å². The van der Waals surface area contributed by atoms with Crippen LogP contribution in [0.1, 0.15) is 47.5 Å². The van der Waals surface area contributed by atoms with Gasteiger partial charge in [0.25, 0.3) is 0 Å². The van der Waals surface area contributed by atoms with Crippen LogP contribution >= 0.6 is 0 Å². The van der Waals surface area contributed by atoms with Crippen LogP contribution in [0.2, 0.25) is 0 Å². The van der Waals surface area contributed by atoms with E-state index in [1.807, 2.05) is 6.92 Å². The van der Waals surface area contributed by atoms with Crippen molar-refractivity contribution in [1.29, 1.82) is 0 Å². The lowest BCUT2D eigenvalue weighted by molar-refractivity contribution is -0.143. The molecule has 0 aromatic carbocycles. The van der Waals surface area contributed by atoms with E-state index in [2.05, 4.69) is 33.0 Å². The summed E-state index contributed by atoms with van der Waals surface area (Å²) in [6, 6.07) is 0.231. The van der Waals surface area contributed by atoms with Crippen LogP contribution in [0.15, 0.2) is 0 Å². The highest BCUT2D eigenvalue weighted by atomic mass is 16.5. The van der Waals surface area contributed by atoms with Crippen LogP contribution in [0, 0.1) is 5.41 Å². The van der Waals surface area contributed by atoms with Gasteiger partial charge in [-0.1, -0.05) is 27.7 Å². The van der Waals surface area contributed by atoms with Crippen LogP contribution in [-0.2, 0) is 9.53 Å². The molecular formula is C12H25NO2. The van der Waals surface area contributed by atoms with Gasteiger partial charge in [0.15, 0.2) is 0 Å². The molecule has 0 amide bonds. The average Bonchev–Trinajstić information content (AvgIpc) is 2.01. The fourth-order valence-corrected chi connectivity index (χ4v) is 1.67. The van der Waals surface area contributed by atoms with Gasteiger partial charge in [-0.15, -0.1) is 0 Å². The van der Waals surface area contributed by atoms with Gasteiger partial charge in [0, 0.05) is 6.04 Å². The van der Waals surface area contributed by atoms with Crippen molar-refractivity contribution in [3.63, 3.8) is 0 Å². The van der Waals surface area contributed by atoms with Gasteiger partial charge in [0.1, 0.15) is 0 Å². The number of carbonyl (C=O) groups excluding carboxylic acids is 1. The first-order valence-electron chi connectivity index (χ1n) is 5.78. The number of hydrogen-bond acceptors (Lipinski definition) is 3. The summed E-state index contributed by atoms with van der Waals surface area (Å²) in [5.41, 5.74) is 0.235. The zero-order valence-corrected chi connectivity index (χ0v) is 10.7. The summed E-state index contributed by atoms with van der Waals surface area (Å²) in [5.74, 6) is -0.104. The molecule has 0 bridgehead atoms. The summed E-state index contributed by atoms with van der Waals surface area (Å²) >= 11 is 0. The molecule has 0 aliphatic rings. The third kappa shape index (κ3) is 8.43. The molecule has 0 saturated carbocycles. The van der Waals surface area contributed by atoms with Crippen LogP contribution in [-0.4, -0.2) is 25.2 Å². The van der Waals surface area contributed by atoms with E-state index in [9.17, 15) is 4.79 Å². The van der Waals surface area contributed by atoms with Crippen LogP contribution in [0.4, 0.5) is 0 Å². The predicted octanol–water partition coefficient (Wildman–Crippen LogP) is 2.35. The first-order chi connectivity index (χ1) is 6.89. The second kappa shape index (κ2) is 6.83. The van der Waals surface area contributed by atoms with Crippen molar-refractivity contribution in [3.8, 4) is 0 Å². The first-order valence-corrected chi connectivity index (χ1v) is 5.78. The maximum Gasteiger partial charge on any atom is 0.307 e. The molecule has 0 spiro atoms. The maximum atomic E-state index is 11.4. The lowest BCUT2D eigenvalue weighted by atomic mass is 9.87. The van der Waals surface area contributed by atoms with E-state index in [0.717, 1.165) is 13.0 Å². The molecule has 3 nitrogen and oxygen atoms in total. The molecule has 0 aromatic rings. The molecule has 0 radical (unpaired) electrons. The average molecular weight is 215 g/mol. The Balaban J connectivity index is 4.09. The molecule has 0 saturated heterocycles. The molecule has 1 unspecified atom stereocenters. The van der Waals surface area contributed by atoms with E-state index in [0.29, 0.717) is 13.0 Å². The fourth-order valence-electron chi connectivity index (χ4n) is 1.67. The largest absolute Gasteiger partial charge is 0.466 e. The topological polar surface area (TPSA) is 38.3 Å². The van der Waals surface area contributed by atoms with Gasteiger partial charge in [-0.3, -0.25) is 4.79 Å². The van der Waals surface area contributed by atoms with Crippen molar-refractivity contribution < 1.29 is 9.53 Å². The number of rotatable bonds is 6. The molecular weight excluding hydrogens is 190 g/mol. The van der Waals surface area contributed by atoms with Crippen molar-refractivity contribution >= 4 is 5.97 Å². The van der Waals surface area contributed by atoms with Crippen molar-refractivity contribution in [2.75, 3.05) is 13.2 Å². The van der Waals surface area contributed by atoms with E-state index in [4.69, 9.17) is 4.74 Å². The lowest BCUT2D eigenvalue weighted by Gasteiger charge is -2.25. The molecule has 0 heterocycles. The monoisotopic (exact) mass is 215 g/mol. The zero-order valence-electron chi connectivity index (χ0n) is 10.7. The Morgan fingerprint density at radius 2 is 1.93 bits per heavy atom. The molecule has 15 heavy (non-hydrogen) atoms. The Hall–Kier alpha value is -0.570. The highest BCUT2D eigenvalue weighted by Crippen LogP contribution is 2.22. The van der Waals surface area contributed by atoms with Crippen LogP contribution in [0.25, 0.3) is 0 Å². The van der Waals surface area contributed by atoms with Gasteiger partial charge in [-0.05, 0) is 25.3 Å². The molecule has 0 aliphatic heterocycles. The Morgan fingerprint density at radius 1 is 1.33 bits per heavy atom. The SMILES string of the molecule is CCNC(CC(=O)OCC)CC(C)(C)C. The fraction of sp³-hybridized carbons (Fsp3) is 0.917. The lowest BCUT2D eigenvalue weighted by Crippen LogP contribution is -2.35. The molecule has 0 rings (SSSR count). The minimum Gasteiger partial charge on any atom is -0.466 e. The van der Waals surface area contributed by atoms with E-state index in [1.54, 1.807) is 0 Å². The van der Waals surface area contributed by atoms with Gasteiger partial charge in [-0.2, -0.15) is 0 Å². The van der Waals surface area contributed by atoms with Gasteiger partial charge in [0.2, 0.25) is 0 Å². The molecule has 3 heteroatoms. The summed E-state index contributed by atoms with van der Waals surface area (Å²) in [4.78, 5) is 11.4. The highest BCUT2D eigenvalue weighted by molar-refractivity contribution is 5.70. The smallest absolute Gasteiger partial charge is 0.307 e. The Morgan fingerprint density at radius 3 is 2.33 bits per heavy atom. The van der Waals surface area contributed by atoms with E-state index in [-0.39, 0.29) is 17.4 Å². The quantitative estimate of drug-likeness (QED) is 0.691. The summed E-state index contributed by atoms with van der Waals surface area (Å²) in [6.45, 7) is 11.8. The molecule has 90 valence electrons. The molecule has 1 atom stereocenters. The van der Waals surface area contributed by atoms with Crippen molar-refractivity contribution in [3.05, 3.63) is 0 Å². The predicted molar refractivity (Wildman–Crippen MR) is 62.8 cm³/mol. The van der Waals surface area contributed by atoms with Crippen LogP contribution in [0.5, 0.6) is 0 Å². The number of nitrogens with one attached hydrogen (secondary N) is 1. The van der Waals surface area contributed by atoms with Crippen LogP contribution in [0.3, 0.4) is 0 Å². The van der Waals surface area contributed by atoms with E-state index >= 15 is 0 Å². The Bertz CT molecular complexity index is 185. The minimum absolute atomic E-state index is 0.104. The van der Waals surface area contributed by atoms with Crippen LogP contribution < -0.4 is 5.32 Å². The third-order valence-electron chi connectivity index (χ3n) is 2.07. The normalized spacial score (nSPS) is 13.7. The van der Waals surface area contributed by atoms with Gasteiger partial charge < -0.3 is 10.1 Å². The minimum atomic E-state index is -0.104. The second-order valence-corrected chi connectivity index (χ2v) is 5.03. The van der Waals surface area contributed by atoms with Gasteiger partial charge >= 0.3 is 5.97 Å². The second-order valence-electron chi connectivity index (χ2n) is 5.03. The van der Waals surface area contributed by atoms with Gasteiger partial charge in [0.05, 0.1) is 13.0 Å². The zero-order chi connectivity index (χ0) is 11.9. The summed E-state index contributed by atoms with van der Waals surface area (Å²) in [7, 11) is 0. The highest BCUT2D eigenvalue weighted by Gasteiger charge is 2.20. The molecule has 1 N–H and O–H groups in total. The number of esters is 1. The standard InChI is InChI=1S/C12H25NO2/c1-6-13-10(9-12(3,4)5)8-11(14)15-7-2/h10,13H,6-9H2,1-5H3. The molecule has 0 fully saturated rings. The van der Waals surface area contributed by atoms with Crippen molar-refractivity contribution in [1.82, 2.24) is 5.32 Å². The first kappa shape index (κ1) is 14.4. The number of hydrogen-bond donors (Lipinski definition) is 1.